The number of nitrogens with one attached hydrogen (secondary N) is 1. The van der Waals surface area contributed by atoms with Gasteiger partial charge in [-0.25, -0.2) is 27.5 Å². The van der Waals surface area contributed by atoms with E-state index in [-0.39, 0.29) is 17.5 Å². The number of benzene rings is 1. The van der Waals surface area contributed by atoms with E-state index >= 15 is 0 Å². The predicted octanol–water partition coefficient (Wildman–Crippen LogP) is 3.73. The van der Waals surface area contributed by atoms with E-state index in [4.69, 9.17) is 0 Å². The molecule has 0 spiro atoms. The van der Waals surface area contributed by atoms with Crippen LogP contribution < -0.4 is 5.32 Å². The smallest absolute Gasteiger partial charge is 0.185 e. The zero-order valence-electron chi connectivity index (χ0n) is 13.7. The van der Waals surface area contributed by atoms with E-state index in [0.29, 0.717) is 16.8 Å². The van der Waals surface area contributed by atoms with Gasteiger partial charge >= 0.3 is 0 Å². The first-order chi connectivity index (χ1) is 12.9. The van der Waals surface area contributed by atoms with E-state index in [0.717, 1.165) is 0 Å². The summed E-state index contributed by atoms with van der Waals surface area (Å²) in [4.78, 5) is 12.7. The molecule has 27 heavy (non-hydrogen) atoms. The van der Waals surface area contributed by atoms with Crippen molar-refractivity contribution in [2.24, 2.45) is 7.05 Å². The van der Waals surface area contributed by atoms with Crippen molar-refractivity contribution in [3.63, 3.8) is 0 Å². The van der Waals surface area contributed by atoms with Crippen LogP contribution in [0.5, 0.6) is 0 Å². The minimum Gasteiger partial charge on any atom is -0.335 e. The molecule has 0 aliphatic rings. The van der Waals surface area contributed by atoms with Crippen molar-refractivity contribution < 1.29 is 17.6 Å². The third-order valence-electron chi connectivity index (χ3n) is 3.77. The first-order valence-corrected chi connectivity index (χ1v) is 7.65. The summed E-state index contributed by atoms with van der Waals surface area (Å²) in [5.41, 5.74) is 0.833. The third kappa shape index (κ3) is 3.05. The molecule has 0 bridgehead atoms. The van der Waals surface area contributed by atoms with Crippen LogP contribution in [-0.4, -0.2) is 24.7 Å². The van der Waals surface area contributed by atoms with Crippen molar-refractivity contribution in [3.05, 3.63) is 60.1 Å². The molecule has 136 valence electrons. The summed E-state index contributed by atoms with van der Waals surface area (Å²) < 4.78 is 55.9. The van der Waals surface area contributed by atoms with Crippen molar-refractivity contribution in [1.29, 1.82) is 0 Å². The number of fused-ring (bicyclic) bond motifs is 1. The number of halogens is 4. The lowest BCUT2D eigenvalue weighted by atomic mass is 10.2. The average Bonchev–Trinajstić information content (AvgIpc) is 3.09. The largest absolute Gasteiger partial charge is 0.335 e. The van der Waals surface area contributed by atoms with E-state index < -0.39 is 29.0 Å². The fourth-order valence-electron chi connectivity index (χ4n) is 2.47. The third-order valence-corrected chi connectivity index (χ3v) is 3.77. The number of aromatic nitrogens is 5. The lowest BCUT2D eigenvalue weighted by molar-refractivity contribution is 0.459. The summed E-state index contributed by atoms with van der Waals surface area (Å²) in [6.07, 6.45) is 4.87. The Morgan fingerprint density at radius 1 is 0.963 bits per heavy atom. The number of nitrogens with zero attached hydrogens (tertiary/aromatic N) is 5. The van der Waals surface area contributed by atoms with E-state index in [1.165, 1.54) is 18.3 Å². The van der Waals surface area contributed by atoms with Gasteiger partial charge in [-0.1, -0.05) is 0 Å². The summed E-state index contributed by atoms with van der Waals surface area (Å²) in [5.74, 6) is -6.19. The highest BCUT2D eigenvalue weighted by molar-refractivity contribution is 5.76. The molecule has 0 saturated heterocycles. The fourth-order valence-corrected chi connectivity index (χ4v) is 2.47. The molecule has 0 fully saturated rings. The van der Waals surface area contributed by atoms with Gasteiger partial charge in [0, 0.05) is 24.9 Å². The Kier molecular flexibility index (Phi) is 3.94. The Morgan fingerprint density at radius 2 is 1.70 bits per heavy atom. The van der Waals surface area contributed by atoms with Gasteiger partial charge in [0.1, 0.15) is 17.0 Å². The molecule has 1 aromatic carbocycles. The molecule has 0 atom stereocenters. The summed E-state index contributed by atoms with van der Waals surface area (Å²) >= 11 is 0. The number of hydrogen-bond acceptors (Lipinski definition) is 5. The highest BCUT2D eigenvalue weighted by Gasteiger charge is 2.19. The second-order valence-corrected chi connectivity index (χ2v) is 5.67. The maximum absolute atomic E-state index is 13.8. The maximum atomic E-state index is 13.8. The van der Waals surface area contributed by atoms with Crippen LogP contribution in [0.1, 0.15) is 0 Å². The van der Waals surface area contributed by atoms with Gasteiger partial charge in [-0.2, -0.15) is 5.10 Å². The fraction of sp³-hybridized carbons (Fsp3) is 0.0588. The molecule has 6 nitrogen and oxygen atoms in total. The molecule has 3 heterocycles. The molecule has 0 saturated carbocycles. The molecule has 1 N–H and O–H groups in total. The number of rotatable bonds is 3. The second kappa shape index (κ2) is 6.31. The van der Waals surface area contributed by atoms with Crippen molar-refractivity contribution in [2.75, 3.05) is 5.32 Å². The van der Waals surface area contributed by atoms with Crippen molar-refractivity contribution in [3.8, 4) is 11.3 Å². The number of aryl methyl sites for hydroxylation is 1. The molecule has 0 radical (unpaired) electrons. The first kappa shape index (κ1) is 16.9. The Balaban J connectivity index is 1.75. The van der Waals surface area contributed by atoms with Crippen molar-refractivity contribution in [1.82, 2.24) is 24.7 Å². The molecule has 4 aromatic rings. The van der Waals surface area contributed by atoms with Gasteiger partial charge in [-0.05, 0) is 12.1 Å². The number of hydrogen-bond donors (Lipinski definition) is 1. The van der Waals surface area contributed by atoms with Gasteiger partial charge in [0.05, 0.1) is 18.1 Å². The summed E-state index contributed by atoms with van der Waals surface area (Å²) in [6.45, 7) is 0. The SMILES string of the molecule is Cn1cc(-c2cnc3ccc(Nc4c(F)c(F)cc(F)c4F)nc3n2)cn1. The summed E-state index contributed by atoms with van der Waals surface area (Å²) in [7, 11) is 1.75. The van der Waals surface area contributed by atoms with E-state index in [2.05, 4.69) is 25.4 Å². The molecule has 0 unspecified atom stereocenters. The lowest BCUT2D eigenvalue weighted by Crippen LogP contribution is -2.04. The average molecular weight is 374 g/mol. The van der Waals surface area contributed by atoms with Crippen LogP contribution in [-0.2, 0) is 7.05 Å². The molecule has 3 aromatic heterocycles. The number of pyridine rings is 1. The van der Waals surface area contributed by atoms with Gasteiger partial charge in [-0.15, -0.1) is 0 Å². The van der Waals surface area contributed by atoms with Crippen LogP contribution >= 0.6 is 0 Å². The van der Waals surface area contributed by atoms with Gasteiger partial charge in [0.25, 0.3) is 0 Å². The molecular formula is C17H10F4N6. The van der Waals surface area contributed by atoms with E-state index in [9.17, 15) is 17.6 Å². The van der Waals surface area contributed by atoms with Crippen LogP contribution in [0, 0.1) is 23.3 Å². The summed E-state index contributed by atoms with van der Waals surface area (Å²) in [6, 6.07) is 3.01. The molecule has 4 rings (SSSR count). The predicted molar refractivity (Wildman–Crippen MR) is 89.1 cm³/mol. The zero-order chi connectivity index (χ0) is 19.1. The molecule has 0 amide bonds. The van der Waals surface area contributed by atoms with Crippen LogP contribution in [0.2, 0.25) is 0 Å². The second-order valence-electron chi connectivity index (χ2n) is 5.67. The van der Waals surface area contributed by atoms with Crippen molar-refractivity contribution >= 4 is 22.7 Å². The van der Waals surface area contributed by atoms with Crippen LogP contribution in [0.4, 0.5) is 29.1 Å². The van der Waals surface area contributed by atoms with Crippen LogP contribution in [0.15, 0.2) is 36.8 Å². The van der Waals surface area contributed by atoms with Crippen molar-refractivity contribution in [2.45, 2.75) is 0 Å². The Labute approximate surface area is 149 Å². The van der Waals surface area contributed by atoms with E-state index in [1.54, 1.807) is 24.1 Å². The van der Waals surface area contributed by atoms with Crippen LogP contribution in [0.25, 0.3) is 22.4 Å². The normalized spacial score (nSPS) is 11.1. The Hall–Kier alpha value is -3.56. The lowest BCUT2D eigenvalue weighted by Gasteiger charge is -2.10. The standard InChI is InChI=1S/C17H10F4N6/c1-27-7-8(5-23-27)12-6-22-11-2-3-13(26-17(11)24-12)25-16-14(20)9(18)4-10(19)15(16)21/h2-7H,1H3,(H,24,25,26). The first-order valence-electron chi connectivity index (χ1n) is 7.65. The Bertz CT molecular complexity index is 1150. The van der Waals surface area contributed by atoms with Gasteiger partial charge in [0.2, 0.25) is 0 Å². The minimum atomic E-state index is -1.55. The van der Waals surface area contributed by atoms with Gasteiger partial charge in [-0.3, -0.25) is 9.67 Å². The Morgan fingerprint density at radius 3 is 2.37 bits per heavy atom. The molecule has 0 aliphatic heterocycles. The molecule has 10 heteroatoms. The van der Waals surface area contributed by atoms with E-state index in [1.807, 2.05) is 0 Å². The topological polar surface area (TPSA) is 68.5 Å². The maximum Gasteiger partial charge on any atom is 0.185 e. The summed E-state index contributed by atoms with van der Waals surface area (Å²) in [5, 5.41) is 6.30. The zero-order valence-corrected chi connectivity index (χ0v) is 13.7. The monoisotopic (exact) mass is 374 g/mol. The molecule has 0 aliphatic carbocycles. The van der Waals surface area contributed by atoms with Crippen LogP contribution in [0.3, 0.4) is 0 Å². The highest BCUT2D eigenvalue weighted by Crippen LogP contribution is 2.27. The highest BCUT2D eigenvalue weighted by atomic mass is 19.2. The molecular weight excluding hydrogens is 364 g/mol. The van der Waals surface area contributed by atoms with Gasteiger partial charge < -0.3 is 5.32 Å². The van der Waals surface area contributed by atoms with Gasteiger partial charge in [0.15, 0.2) is 28.9 Å². The minimum absolute atomic E-state index is 0.0528. The quantitative estimate of drug-likeness (QED) is 0.437. The number of anilines is 2.